The highest BCUT2D eigenvalue weighted by Crippen LogP contribution is 2.35. The van der Waals surface area contributed by atoms with Crippen LogP contribution >= 0.6 is 11.6 Å². The molecule has 0 spiro atoms. The van der Waals surface area contributed by atoms with Crippen molar-refractivity contribution in [2.24, 2.45) is 0 Å². The molecule has 1 aliphatic heterocycles. The van der Waals surface area contributed by atoms with E-state index in [-0.39, 0.29) is 0 Å². The number of halogens is 1. The van der Waals surface area contributed by atoms with Crippen LogP contribution in [0.25, 0.3) is 27.9 Å². The van der Waals surface area contributed by atoms with Crippen molar-refractivity contribution in [3.8, 4) is 17.0 Å². The molecule has 0 unspecified atom stereocenters. The second kappa shape index (κ2) is 7.29. The molecule has 0 atom stereocenters. The molecule has 0 saturated heterocycles. The van der Waals surface area contributed by atoms with E-state index in [9.17, 15) is 0 Å². The number of rotatable bonds is 3. The monoisotopic (exact) mass is 379 g/mol. The summed E-state index contributed by atoms with van der Waals surface area (Å²) in [6.07, 6.45) is 3.22. The summed E-state index contributed by atoms with van der Waals surface area (Å²) >= 11 is 6.54. The Morgan fingerprint density at radius 3 is 2.63 bits per heavy atom. The highest BCUT2D eigenvalue weighted by molar-refractivity contribution is 6.35. The normalized spacial score (nSPS) is 14.3. The lowest BCUT2D eigenvalue weighted by molar-refractivity contribution is 0.415. The number of aryl methyl sites for hydroxylation is 2. The van der Waals surface area contributed by atoms with E-state index < -0.39 is 0 Å². The summed E-state index contributed by atoms with van der Waals surface area (Å²) in [7, 11) is 1.69. The lowest BCUT2D eigenvalue weighted by Gasteiger charge is -2.15. The highest BCUT2D eigenvalue weighted by Gasteiger charge is 2.15. The Morgan fingerprint density at radius 2 is 1.89 bits per heavy atom. The van der Waals surface area contributed by atoms with Gasteiger partial charge in [0.2, 0.25) is 0 Å². The van der Waals surface area contributed by atoms with Crippen LogP contribution in [0.4, 0.5) is 0 Å². The minimum absolute atomic E-state index is 0.656. The van der Waals surface area contributed by atoms with Gasteiger partial charge in [0, 0.05) is 17.5 Å². The van der Waals surface area contributed by atoms with Gasteiger partial charge in [0.1, 0.15) is 5.75 Å². The van der Waals surface area contributed by atoms with Gasteiger partial charge in [-0.05, 0) is 67.8 Å². The fraction of sp³-hybridized carbons (Fsp3) is 0.273. The van der Waals surface area contributed by atoms with Gasteiger partial charge in [-0.3, -0.25) is 0 Å². The average Bonchev–Trinajstić information content (AvgIpc) is 2.67. The Balaban J connectivity index is 1.88. The standard InChI is InChI=1S/C22H22ClN3O/c1-13-9-14(2)21(20(10-13)27-3)18-7-6-16-17(23)11-19(26-22(16)25-18)15-5-4-8-24-12-15/h5-7,9-11,24H,4,8,12H2,1-3H3. The Hall–Kier alpha value is -2.43. The van der Waals surface area contributed by atoms with Crippen molar-refractivity contribution >= 4 is 28.2 Å². The third-order valence-electron chi connectivity index (χ3n) is 4.90. The number of ether oxygens (including phenoxy) is 1. The Bertz CT molecular complexity index is 1060. The molecule has 5 heteroatoms. The van der Waals surface area contributed by atoms with Crippen LogP contribution in [-0.4, -0.2) is 30.2 Å². The molecule has 27 heavy (non-hydrogen) atoms. The molecule has 138 valence electrons. The maximum absolute atomic E-state index is 6.54. The van der Waals surface area contributed by atoms with Crippen molar-refractivity contribution in [1.82, 2.24) is 15.3 Å². The fourth-order valence-corrected chi connectivity index (χ4v) is 3.88. The van der Waals surface area contributed by atoms with E-state index in [0.717, 1.165) is 58.7 Å². The van der Waals surface area contributed by atoms with E-state index in [1.165, 1.54) is 5.57 Å². The molecule has 1 N–H and O–H groups in total. The first-order valence-electron chi connectivity index (χ1n) is 9.10. The van der Waals surface area contributed by atoms with Crippen molar-refractivity contribution in [1.29, 1.82) is 0 Å². The molecule has 1 aromatic carbocycles. The molecule has 3 heterocycles. The molecule has 4 rings (SSSR count). The van der Waals surface area contributed by atoms with E-state index in [2.05, 4.69) is 31.3 Å². The van der Waals surface area contributed by atoms with Crippen molar-refractivity contribution in [3.05, 3.63) is 58.3 Å². The number of nitrogens with one attached hydrogen (secondary N) is 1. The number of pyridine rings is 2. The van der Waals surface area contributed by atoms with Gasteiger partial charge in [-0.2, -0.15) is 0 Å². The number of benzene rings is 1. The second-order valence-corrected chi connectivity index (χ2v) is 7.32. The van der Waals surface area contributed by atoms with E-state index in [0.29, 0.717) is 10.7 Å². The summed E-state index contributed by atoms with van der Waals surface area (Å²) in [5.74, 6) is 0.820. The van der Waals surface area contributed by atoms with Gasteiger partial charge >= 0.3 is 0 Å². The van der Waals surface area contributed by atoms with Crippen molar-refractivity contribution in [2.75, 3.05) is 20.2 Å². The number of nitrogens with zero attached hydrogens (tertiary/aromatic N) is 2. The van der Waals surface area contributed by atoms with Gasteiger partial charge in [-0.25, -0.2) is 9.97 Å². The zero-order chi connectivity index (χ0) is 19.0. The van der Waals surface area contributed by atoms with Gasteiger partial charge < -0.3 is 10.1 Å². The lowest BCUT2D eigenvalue weighted by Crippen LogP contribution is -2.21. The predicted octanol–water partition coefficient (Wildman–Crippen LogP) is 4.95. The van der Waals surface area contributed by atoms with Crippen LogP contribution in [0.2, 0.25) is 5.02 Å². The minimum atomic E-state index is 0.656. The molecule has 4 nitrogen and oxygen atoms in total. The van der Waals surface area contributed by atoms with Crippen LogP contribution in [0.15, 0.2) is 36.4 Å². The summed E-state index contributed by atoms with van der Waals surface area (Å²) in [6, 6.07) is 10.1. The molecular weight excluding hydrogens is 358 g/mol. The maximum atomic E-state index is 6.54. The van der Waals surface area contributed by atoms with E-state index in [1.54, 1.807) is 7.11 Å². The summed E-state index contributed by atoms with van der Waals surface area (Å²) in [6.45, 7) is 5.94. The topological polar surface area (TPSA) is 47.0 Å². The van der Waals surface area contributed by atoms with Crippen molar-refractivity contribution in [3.63, 3.8) is 0 Å². The van der Waals surface area contributed by atoms with Crippen LogP contribution in [-0.2, 0) is 0 Å². The molecule has 0 bridgehead atoms. The number of hydrogen-bond donors (Lipinski definition) is 1. The zero-order valence-corrected chi connectivity index (χ0v) is 16.5. The average molecular weight is 380 g/mol. The highest BCUT2D eigenvalue weighted by atomic mass is 35.5. The van der Waals surface area contributed by atoms with Gasteiger partial charge in [0.15, 0.2) is 5.65 Å². The molecule has 2 aromatic heterocycles. The maximum Gasteiger partial charge on any atom is 0.161 e. The largest absolute Gasteiger partial charge is 0.496 e. The van der Waals surface area contributed by atoms with Gasteiger partial charge in [-0.1, -0.05) is 23.7 Å². The van der Waals surface area contributed by atoms with Crippen molar-refractivity contribution < 1.29 is 4.74 Å². The Kier molecular flexibility index (Phi) is 4.85. The summed E-state index contributed by atoms with van der Waals surface area (Å²) in [4.78, 5) is 9.64. The second-order valence-electron chi connectivity index (χ2n) is 6.91. The lowest BCUT2D eigenvalue weighted by atomic mass is 10.0. The number of methoxy groups -OCH3 is 1. The number of aromatic nitrogens is 2. The molecule has 3 aromatic rings. The SMILES string of the molecule is COc1cc(C)cc(C)c1-c1ccc2c(Cl)cc(C3=CCCNC3)nc2n1. The molecule has 0 amide bonds. The molecule has 0 saturated carbocycles. The van der Waals surface area contributed by atoms with Crippen LogP contribution < -0.4 is 10.1 Å². The predicted molar refractivity (Wildman–Crippen MR) is 111 cm³/mol. The van der Waals surface area contributed by atoms with Crippen LogP contribution in [0.3, 0.4) is 0 Å². The van der Waals surface area contributed by atoms with Gasteiger partial charge in [-0.15, -0.1) is 0 Å². The Morgan fingerprint density at radius 1 is 1.07 bits per heavy atom. The number of hydrogen-bond acceptors (Lipinski definition) is 4. The summed E-state index contributed by atoms with van der Waals surface area (Å²) in [5.41, 5.74) is 6.83. The Labute approximate surface area is 164 Å². The third kappa shape index (κ3) is 3.43. The first kappa shape index (κ1) is 18.0. The quantitative estimate of drug-likeness (QED) is 0.699. The molecule has 1 aliphatic rings. The summed E-state index contributed by atoms with van der Waals surface area (Å²) < 4.78 is 5.61. The van der Waals surface area contributed by atoms with Crippen LogP contribution in [0.1, 0.15) is 23.2 Å². The van der Waals surface area contributed by atoms with Crippen LogP contribution in [0, 0.1) is 13.8 Å². The molecule has 0 aliphatic carbocycles. The third-order valence-corrected chi connectivity index (χ3v) is 5.21. The number of fused-ring (bicyclic) bond motifs is 1. The minimum Gasteiger partial charge on any atom is -0.496 e. The zero-order valence-electron chi connectivity index (χ0n) is 15.8. The molecule has 0 radical (unpaired) electrons. The van der Waals surface area contributed by atoms with E-state index >= 15 is 0 Å². The fourth-order valence-electron chi connectivity index (χ4n) is 3.62. The first-order valence-corrected chi connectivity index (χ1v) is 9.47. The van der Waals surface area contributed by atoms with Crippen molar-refractivity contribution in [2.45, 2.75) is 20.3 Å². The van der Waals surface area contributed by atoms with Gasteiger partial charge in [0.05, 0.1) is 23.5 Å². The van der Waals surface area contributed by atoms with Gasteiger partial charge in [0.25, 0.3) is 0 Å². The van der Waals surface area contributed by atoms with E-state index in [1.807, 2.05) is 24.3 Å². The smallest absolute Gasteiger partial charge is 0.161 e. The van der Waals surface area contributed by atoms with Crippen LogP contribution in [0.5, 0.6) is 5.75 Å². The first-order chi connectivity index (χ1) is 13.1. The summed E-state index contributed by atoms with van der Waals surface area (Å²) in [5, 5.41) is 4.91. The molecule has 0 fully saturated rings. The molecular formula is C22H22ClN3O. The van der Waals surface area contributed by atoms with E-state index in [4.69, 9.17) is 26.3 Å².